The first-order valence-electron chi connectivity index (χ1n) is 10.1. The fourth-order valence-electron chi connectivity index (χ4n) is 3.04. The molecule has 2 aromatic carbocycles. The first kappa shape index (κ1) is 21.5. The predicted octanol–water partition coefficient (Wildman–Crippen LogP) is 4.97. The average molecular weight is 459 g/mol. The average Bonchev–Trinajstić information content (AvgIpc) is 3.53. The van der Waals surface area contributed by atoms with E-state index >= 15 is 0 Å². The van der Waals surface area contributed by atoms with E-state index in [4.69, 9.17) is 21.1 Å². The van der Waals surface area contributed by atoms with E-state index < -0.39 is 0 Å². The summed E-state index contributed by atoms with van der Waals surface area (Å²) in [4.78, 5) is 12.4. The van der Waals surface area contributed by atoms with Gasteiger partial charge in [0.05, 0.1) is 17.4 Å². The second-order valence-electron chi connectivity index (χ2n) is 7.01. The molecule has 0 bridgehead atoms. The molecule has 0 atom stereocenters. The van der Waals surface area contributed by atoms with E-state index in [9.17, 15) is 4.79 Å². The van der Waals surface area contributed by atoms with Gasteiger partial charge in [-0.2, -0.15) is 0 Å². The normalized spacial score (nSPS) is 13.1. The molecule has 9 heteroatoms. The molecule has 1 fully saturated rings. The molecule has 1 heterocycles. The van der Waals surface area contributed by atoms with Crippen molar-refractivity contribution < 1.29 is 14.3 Å². The van der Waals surface area contributed by atoms with Crippen molar-refractivity contribution in [2.75, 3.05) is 17.7 Å². The molecule has 1 N–H and O–H groups in total. The maximum atomic E-state index is 12.4. The number of anilines is 1. The largest absolute Gasteiger partial charge is 0.494 e. The van der Waals surface area contributed by atoms with Crippen LogP contribution in [0, 0.1) is 0 Å². The minimum absolute atomic E-state index is 0.103. The monoisotopic (exact) mass is 458 g/mol. The van der Waals surface area contributed by atoms with Crippen molar-refractivity contribution in [3.8, 4) is 11.5 Å². The number of thioether (sulfide) groups is 1. The fraction of sp³-hybridized carbons (Fsp3) is 0.318. The van der Waals surface area contributed by atoms with Crippen LogP contribution < -0.4 is 14.8 Å². The van der Waals surface area contributed by atoms with Crippen molar-refractivity contribution in [1.29, 1.82) is 0 Å². The lowest BCUT2D eigenvalue weighted by molar-refractivity contribution is -0.113. The Hall–Kier alpha value is -2.71. The summed E-state index contributed by atoms with van der Waals surface area (Å²) >= 11 is 7.53. The number of hydrogen-bond acceptors (Lipinski definition) is 6. The van der Waals surface area contributed by atoms with Crippen molar-refractivity contribution in [2.45, 2.75) is 37.6 Å². The molecule has 7 nitrogen and oxygen atoms in total. The third-order valence-electron chi connectivity index (χ3n) is 4.62. The summed E-state index contributed by atoms with van der Waals surface area (Å²) in [5.74, 6) is 2.26. The van der Waals surface area contributed by atoms with Gasteiger partial charge in [0.2, 0.25) is 5.91 Å². The number of carbonyl (C=O) groups excluding carboxylic acids is 1. The highest BCUT2D eigenvalue weighted by molar-refractivity contribution is 7.99. The molecule has 0 aliphatic heterocycles. The maximum absolute atomic E-state index is 12.4. The molecule has 0 radical (unpaired) electrons. The number of amides is 1. The molecule has 1 aliphatic rings. The van der Waals surface area contributed by atoms with E-state index in [1.807, 2.05) is 49.4 Å². The number of carbonyl (C=O) groups is 1. The van der Waals surface area contributed by atoms with Crippen LogP contribution in [0.25, 0.3) is 0 Å². The van der Waals surface area contributed by atoms with Crippen LogP contribution in [0.15, 0.2) is 53.7 Å². The molecule has 31 heavy (non-hydrogen) atoms. The van der Waals surface area contributed by atoms with Crippen molar-refractivity contribution in [2.24, 2.45) is 0 Å². The lowest BCUT2D eigenvalue weighted by Gasteiger charge is -2.11. The van der Waals surface area contributed by atoms with E-state index in [0.29, 0.717) is 23.4 Å². The number of aromatic nitrogens is 3. The Labute approximate surface area is 190 Å². The van der Waals surface area contributed by atoms with Crippen LogP contribution in [0.2, 0.25) is 5.02 Å². The number of nitrogens with one attached hydrogen (secondary N) is 1. The second kappa shape index (κ2) is 10.1. The van der Waals surface area contributed by atoms with Gasteiger partial charge in [-0.1, -0.05) is 35.5 Å². The van der Waals surface area contributed by atoms with Crippen molar-refractivity contribution in [1.82, 2.24) is 14.8 Å². The number of para-hydroxylation sites is 1. The first-order chi connectivity index (χ1) is 15.1. The Morgan fingerprint density at radius 1 is 1.16 bits per heavy atom. The van der Waals surface area contributed by atoms with Crippen LogP contribution >= 0.6 is 23.4 Å². The van der Waals surface area contributed by atoms with Crippen LogP contribution in [0.1, 0.15) is 31.6 Å². The van der Waals surface area contributed by atoms with Gasteiger partial charge in [-0.3, -0.25) is 9.36 Å². The van der Waals surface area contributed by atoms with Gasteiger partial charge in [-0.15, -0.1) is 10.2 Å². The maximum Gasteiger partial charge on any atom is 0.234 e. The summed E-state index contributed by atoms with van der Waals surface area (Å²) in [5, 5.41) is 12.8. The minimum Gasteiger partial charge on any atom is -0.494 e. The highest BCUT2D eigenvalue weighted by Crippen LogP contribution is 2.39. The summed E-state index contributed by atoms with van der Waals surface area (Å²) in [6.07, 6.45) is 2.14. The third-order valence-corrected chi connectivity index (χ3v) is 5.88. The smallest absolute Gasteiger partial charge is 0.234 e. The standard InChI is InChI=1S/C22H23ClN4O3S/c1-2-29-17-11-7-15(8-12-17)24-21(28)14-31-22-26-25-20(27(22)16-9-10-16)13-30-19-6-4-3-5-18(19)23/h3-8,11-12,16H,2,9-10,13-14H2,1H3,(H,24,28). The van der Waals surface area contributed by atoms with Crippen LogP contribution in [-0.2, 0) is 11.4 Å². The Balaban J connectivity index is 1.35. The number of hydrogen-bond donors (Lipinski definition) is 1. The molecule has 0 saturated heterocycles. The molecule has 3 aromatic rings. The van der Waals surface area contributed by atoms with Crippen LogP contribution in [0.4, 0.5) is 5.69 Å². The van der Waals surface area contributed by atoms with E-state index in [1.165, 1.54) is 11.8 Å². The third kappa shape index (κ3) is 5.71. The Morgan fingerprint density at radius 3 is 2.65 bits per heavy atom. The van der Waals surface area contributed by atoms with Gasteiger partial charge < -0.3 is 14.8 Å². The summed E-state index contributed by atoms with van der Waals surface area (Å²) in [5.41, 5.74) is 0.728. The highest BCUT2D eigenvalue weighted by Gasteiger charge is 2.30. The summed E-state index contributed by atoms with van der Waals surface area (Å²) < 4.78 is 13.3. The van der Waals surface area contributed by atoms with Crippen LogP contribution in [0.3, 0.4) is 0 Å². The number of halogens is 1. The molecule has 1 aliphatic carbocycles. The first-order valence-corrected chi connectivity index (χ1v) is 11.5. The predicted molar refractivity (Wildman–Crippen MR) is 121 cm³/mol. The molecule has 0 unspecified atom stereocenters. The number of rotatable bonds is 10. The van der Waals surface area contributed by atoms with Gasteiger partial charge in [0.25, 0.3) is 0 Å². The molecule has 4 rings (SSSR count). The quantitative estimate of drug-likeness (QED) is 0.432. The molecular weight excluding hydrogens is 436 g/mol. The summed E-state index contributed by atoms with van der Waals surface area (Å²) in [7, 11) is 0. The van der Waals surface area contributed by atoms with Crippen molar-refractivity contribution in [3.63, 3.8) is 0 Å². The van der Waals surface area contributed by atoms with Gasteiger partial charge in [-0.05, 0) is 56.2 Å². The topological polar surface area (TPSA) is 78.3 Å². The SMILES string of the molecule is CCOc1ccc(NC(=O)CSc2nnc(COc3ccccc3Cl)n2C2CC2)cc1. The zero-order valence-electron chi connectivity index (χ0n) is 17.1. The molecule has 1 saturated carbocycles. The van der Waals surface area contributed by atoms with Crippen molar-refractivity contribution in [3.05, 3.63) is 59.4 Å². The van der Waals surface area contributed by atoms with Crippen LogP contribution in [0.5, 0.6) is 11.5 Å². The van der Waals surface area contributed by atoms with E-state index in [2.05, 4.69) is 20.1 Å². The van der Waals surface area contributed by atoms with Gasteiger partial charge >= 0.3 is 0 Å². The number of benzene rings is 2. The lowest BCUT2D eigenvalue weighted by Crippen LogP contribution is -2.15. The fourth-order valence-corrected chi connectivity index (χ4v) is 4.05. The zero-order valence-corrected chi connectivity index (χ0v) is 18.7. The molecular formula is C22H23ClN4O3S. The van der Waals surface area contributed by atoms with Gasteiger partial charge in [0.15, 0.2) is 11.0 Å². The van der Waals surface area contributed by atoms with Gasteiger partial charge in [-0.25, -0.2) is 0 Å². The Kier molecular flexibility index (Phi) is 6.99. The lowest BCUT2D eigenvalue weighted by atomic mass is 10.3. The Bertz CT molecular complexity index is 1040. The highest BCUT2D eigenvalue weighted by atomic mass is 35.5. The Morgan fingerprint density at radius 2 is 1.94 bits per heavy atom. The molecule has 0 spiro atoms. The van der Waals surface area contributed by atoms with E-state index in [1.54, 1.807) is 6.07 Å². The van der Waals surface area contributed by atoms with Gasteiger partial charge in [0.1, 0.15) is 18.1 Å². The minimum atomic E-state index is -0.103. The second-order valence-corrected chi connectivity index (χ2v) is 8.36. The molecule has 1 aromatic heterocycles. The molecule has 162 valence electrons. The number of ether oxygens (including phenoxy) is 2. The van der Waals surface area contributed by atoms with E-state index in [-0.39, 0.29) is 18.3 Å². The van der Waals surface area contributed by atoms with E-state index in [0.717, 1.165) is 35.3 Å². The van der Waals surface area contributed by atoms with Crippen LogP contribution in [-0.4, -0.2) is 33.0 Å². The van der Waals surface area contributed by atoms with Crippen molar-refractivity contribution >= 4 is 35.0 Å². The van der Waals surface area contributed by atoms with Gasteiger partial charge in [0, 0.05) is 11.7 Å². The molecule has 1 amide bonds. The summed E-state index contributed by atoms with van der Waals surface area (Å²) in [6, 6.07) is 15.0. The number of nitrogens with zero attached hydrogens (tertiary/aromatic N) is 3. The summed E-state index contributed by atoms with van der Waals surface area (Å²) in [6.45, 7) is 2.81. The zero-order chi connectivity index (χ0) is 21.6.